The van der Waals surface area contributed by atoms with Crippen LogP contribution in [-0.2, 0) is 11.3 Å². The zero-order valence-electron chi connectivity index (χ0n) is 13.2. The van der Waals surface area contributed by atoms with Crippen molar-refractivity contribution in [3.05, 3.63) is 22.6 Å². The lowest BCUT2D eigenvalue weighted by Gasteiger charge is -2.18. The van der Waals surface area contributed by atoms with Crippen molar-refractivity contribution in [1.82, 2.24) is 15.1 Å². The summed E-state index contributed by atoms with van der Waals surface area (Å²) in [5.74, 6) is 0. The number of nitrogens with one attached hydrogen (secondary N) is 1. The van der Waals surface area contributed by atoms with Gasteiger partial charge >= 0.3 is 0 Å². The van der Waals surface area contributed by atoms with Crippen LogP contribution >= 0.6 is 0 Å². The van der Waals surface area contributed by atoms with Gasteiger partial charge in [-0.25, -0.2) is 4.68 Å². The van der Waals surface area contributed by atoms with Gasteiger partial charge in [0.15, 0.2) is 0 Å². The maximum Gasteiger partial charge on any atom is 0.268 e. The van der Waals surface area contributed by atoms with Crippen LogP contribution in [0.25, 0.3) is 0 Å². The minimum absolute atomic E-state index is 0.0423. The highest BCUT2D eigenvalue weighted by Crippen LogP contribution is 2.19. The van der Waals surface area contributed by atoms with E-state index in [2.05, 4.69) is 29.2 Å². The molecule has 118 valence electrons. The van der Waals surface area contributed by atoms with E-state index in [4.69, 9.17) is 4.74 Å². The van der Waals surface area contributed by atoms with Gasteiger partial charge in [0.05, 0.1) is 24.5 Å². The lowest BCUT2D eigenvalue weighted by atomic mass is 10.3. The van der Waals surface area contributed by atoms with Crippen molar-refractivity contribution in [3.63, 3.8) is 0 Å². The van der Waals surface area contributed by atoms with Crippen LogP contribution < -0.4 is 15.8 Å². The van der Waals surface area contributed by atoms with E-state index in [-0.39, 0.29) is 11.7 Å². The van der Waals surface area contributed by atoms with Gasteiger partial charge in [0.25, 0.3) is 5.56 Å². The van der Waals surface area contributed by atoms with E-state index in [0.717, 1.165) is 38.2 Å². The average molecular weight is 294 g/mol. The number of hydrogen-bond donors (Lipinski definition) is 1. The second kappa shape index (κ2) is 7.56. The number of ether oxygens (including phenoxy) is 1. The highest BCUT2D eigenvalue weighted by molar-refractivity contribution is 5.44. The predicted molar refractivity (Wildman–Crippen MR) is 83.9 cm³/mol. The Labute approximate surface area is 126 Å². The highest BCUT2D eigenvalue weighted by Gasteiger charge is 2.22. The quantitative estimate of drug-likeness (QED) is 0.808. The molecule has 0 spiro atoms. The Kier molecular flexibility index (Phi) is 5.76. The van der Waals surface area contributed by atoms with Gasteiger partial charge in [-0.15, -0.1) is 0 Å². The van der Waals surface area contributed by atoms with E-state index >= 15 is 0 Å². The average Bonchev–Trinajstić information content (AvgIpc) is 2.97. The van der Waals surface area contributed by atoms with E-state index in [1.807, 2.05) is 0 Å². The lowest BCUT2D eigenvalue weighted by Crippen LogP contribution is -2.33. The molecule has 1 saturated heterocycles. The summed E-state index contributed by atoms with van der Waals surface area (Å²) in [7, 11) is 1.73. The van der Waals surface area contributed by atoms with Gasteiger partial charge in [-0.1, -0.05) is 6.92 Å². The number of rotatable bonds is 7. The van der Waals surface area contributed by atoms with Gasteiger partial charge < -0.3 is 15.0 Å². The molecule has 1 fully saturated rings. The molecule has 0 bridgehead atoms. The third-order valence-corrected chi connectivity index (χ3v) is 4.13. The van der Waals surface area contributed by atoms with Crippen LogP contribution in [0, 0.1) is 0 Å². The molecule has 2 atom stereocenters. The van der Waals surface area contributed by atoms with Gasteiger partial charge in [0, 0.05) is 38.9 Å². The third kappa shape index (κ3) is 4.28. The number of nitrogens with zero attached hydrogens (tertiary/aromatic N) is 3. The second-order valence-corrected chi connectivity index (χ2v) is 5.63. The molecular weight excluding hydrogens is 268 g/mol. The maximum atomic E-state index is 12.1. The van der Waals surface area contributed by atoms with E-state index in [0.29, 0.717) is 12.6 Å². The summed E-state index contributed by atoms with van der Waals surface area (Å²) < 4.78 is 6.87. The first-order valence-electron chi connectivity index (χ1n) is 7.72. The first kappa shape index (κ1) is 16.0. The van der Waals surface area contributed by atoms with Crippen LogP contribution in [0.4, 0.5) is 5.69 Å². The Morgan fingerprint density at radius 1 is 1.57 bits per heavy atom. The SMILES string of the molecule is CCC(C)NCCn1ncc(N2CCC(OC)C2)cc1=O. The molecule has 0 aliphatic carbocycles. The number of methoxy groups -OCH3 is 1. The van der Waals surface area contributed by atoms with Crippen molar-refractivity contribution >= 4 is 5.69 Å². The monoisotopic (exact) mass is 294 g/mol. The van der Waals surface area contributed by atoms with Crippen LogP contribution in [0.2, 0.25) is 0 Å². The largest absolute Gasteiger partial charge is 0.380 e. The standard InChI is InChI=1S/C15H26N4O2/c1-4-12(2)16-6-8-19-15(20)9-13(10-17-19)18-7-5-14(11-18)21-3/h9-10,12,14,16H,4-8,11H2,1-3H3. The van der Waals surface area contributed by atoms with Crippen LogP contribution in [0.15, 0.2) is 17.1 Å². The first-order chi connectivity index (χ1) is 10.1. The van der Waals surface area contributed by atoms with Gasteiger partial charge in [-0.05, 0) is 19.8 Å². The Morgan fingerprint density at radius 3 is 3.00 bits per heavy atom. The first-order valence-corrected chi connectivity index (χ1v) is 7.72. The van der Waals surface area contributed by atoms with Crippen molar-refractivity contribution < 1.29 is 4.74 Å². The summed E-state index contributed by atoms with van der Waals surface area (Å²) in [6.07, 6.45) is 4.12. The van der Waals surface area contributed by atoms with Crippen LogP contribution in [0.3, 0.4) is 0 Å². The van der Waals surface area contributed by atoms with Crippen molar-refractivity contribution in [2.24, 2.45) is 0 Å². The van der Waals surface area contributed by atoms with E-state index in [1.165, 1.54) is 4.68 Å². The second-order valence-electron chi connectivity index (χ2n) is 5.63. The van der Waals surface area contributed by atoms with Crippen LogP contribution in [0.5, 0.6) is 0 Å². The third-order valence-electron chi connectivity index (χ3n) is 4.13. The molecular formula is C15H26N4O2. The molecule has 0 aromatic carbocycles. The summed E-state index contributed by atoms with van der Waals surface area (Å²) >= 11 is 0. The topological polar surface area (TPSA) is 59.4 Å². The number of anilines is 1. The molecule has 2 unspecified atom stereocenters. The van der Waals surface area contributed by atoms with Crippen molar-refractivity contribution in [2.45, 2.75) is 45.4 Å². The molecule has 1 N–H and O–H groups in total. The van der Waals surface area contributed by atoms with Crippen molar-refractivity contribution in [3.8, 4) is 0 Å². The van der Waals surface area contributed by atoms with Gasteiger partial charge in [-0.3, -0.25) is 4.79 Å². The smallest absolute Gasteiger partial charge is 0.268 e. The van der Waals surface area contributed by atoms with Crippen LogP contribution in [0.1, 0.15) is 26.7 Å². The molecule has 21 heavy (non-hydrogen) atoms. The van der Waals surface area contributed by atoms with E-state index < -0.39 is 0 Å². The summed E-state index contributed by atoms with van der Waals surface area (Å²) in [5.41, 5.74) is 0.852. The Hall–Kier alpha value is -1.40. The van der Waals surface area contributed by atoms with Gasteiger partial charge in [-0.2, -0.15) is 5.10 Å². The molecule has 1 aromatic heterocycles. The minimum Gasteiger partial charge on any atom is -0.380 e. The fourth-order valence-electron chi connectivity index (χ4n) is 2.48. The zero-order valence-corrected chi connectivity index (χ0v) is 13.2. The molecule has 6 heteroatoms. The Morgan fingerprint density at radius 2 is 2.38 bits per heavy atom. The highest BCUT2D eigenvalue weighted by atomic mass is 16.5. The molecule has 1 aliphatic rings. The molecule has 6 nitrogen and oxygen atoms in total. The fourth-order valence-corrected chi connectivity index (χ4v) is 2.48. The molecule has 1 aromatic rings. The predicted octanol–water partition coefficient (Wildman–Crippen LogP) is 0.857. The van der Waals surface area contributed by atoms with Crippen molar-refractivity contribution in [1.29, 1.82) is 0 Å². The molecule has 1 aliphatic heterocycles. The van der Waals surface area contributed by atoms with Crippen molar-refractivity contribution in [2.75, 3.05) is 31.6 Å². The zero-order chi connectivity index (χ0) is 15.2. The number of hydrogen-bond acceptors (Lipinski definition) is 5. The fraction of sp³-hybridized carbons (Fsp3) is 0.733. The summed E-state index contributed by atoms with van der Waals surface area (Å²) in [5, 5.41) is 7.64. The van der Waals surface area contributed by atoms with Crippen LogP contribution in [-0.4, -0.2) is 48.7 Å². The van der Waals surface area contributed by atoms with Gasteiger partial charge in [0.2, 0.25) is 0 Å². The summed E-state index contributed by atoms with van der Waals surface area (Å²) in [6, 6.07) is 2.14. The molecule has 2 heterocycles. The Balaban J connectivity index is 1.93. The molecule has 0 saturated carbocycles. The van der Waals surface area contributed by atoms with E-state index in [1.54, 1.807) is 19.4 Å². The lowest BCUT2D eigenvalue weighted by molar-refractivity contribution is 0.121. The Bertz CT molecular complexity index is 503. The number of aromatic nitrogens is 2. The molecule has 2 rings (SSSR count). The summed E-state index contributed by atoms with van der Waals surface area (Å²) in [6.45, 7) is 7.39. The summed E-state index contributed by atoms with van der Waals surface area (Å²) in [4.78, 5) is 14.3. The maximum absolute atomic E-state index is 12.1. The van der Waals surface area contributed by atoms with Gasteiger partial charge in [0.1, 0.15) is 0 Å². The van der Waals surface area contributed by atoms with E-state index in [9.17, 15) is 4.79 Å². The normalized spacial score (nSPS) is 20.0. The minimum atomic E-state index is -0.0423. The molecule has 0 radical (unpaired) electrons. The molecule has 0 amide bonds.